The highest BCUT2D eigenvalue weighted by molar-refractivity contribution is 5.82. The van der Waals surface area contributed by atoms with Gasteiger partial charge < -0.3 is 9.64 Å². The molecule has 5 nitrogen and oxygen atoms in total. The highest BCUT2D eigenvalue weighted by Crippen LogP contribution is 2.08. The van der Waals surface area contributed by atoms with Crippen molar-refractivity contribution in [3.63, 3.8) is 0 Å². The summed E-state index contributed by atoms with van der Waals surface area (Å²) in [4.78, 5) is 25.0. The molecule has 0 aromatic carbocycles. The fourth-order valence-electron chi connectivity index (χ4n) is 1.84. The van der Waals surface area contributed by atoms with Crippen LogP contribution in [0.1, 0.15) is 33.6 Å². The van der Waals surface area contributed by atoms with E-state index in [1.54, 1.807) is 20.8 Å². The lowest BCUT2D eigenvalue weighted by atomic mass is 10.3. The number of nitrogens with zero attached hydrogens (tertiary/aromatic N) is 1. The molecular weight excluding hydrogens is 220 g/mol. The molecule has 17 heavy (non-hydrogen) atoms. The fourth-order valence-corrected chi connectivity index (χ4v) is 1.84. The number of likely N-dealkylation sites (tertiary alicyclic amines) is 1. The second kappa shape index (κ2) is 6.59. The highest BCUT2D eigenvalue weighted by Gasteiger charge is 2.23. The first-order valence-corrected chi connectivity index (χ1v) is 6.22. The Kier molecular flexibility index (Phi) is 5.41. The van der Waals surface area contributed by atoms with E-state index in [4.69, 9.17) is 4.74 Å². The summed E-state index contributed by atoms with van der Waals surface area (Å²) in [6.45, 7) is 7.14. The molecular formula is C12H22N2O3. The minimum Gasteiger partial charge on any atom is -0.462 e. The zero-order valence-electron chi connectivity index (χ0n) is 10.9. The normalized spacial score (nSPS) is 17.3. The summed E-state index contributed by atoms with van der Waals surface area (Å²) in [6, 6.07) is -0.326. The van der Waals surface area contributed by atoms with Crippen molar-refractivity contribution in [3.05, 3.63) is 0 Å². The van der Waals surface area contributed by atoms with Gasteiger partial charge in [0.05, 0.1) is 18.7 Å². The van der Waals surface area contributed by atoms with E-state index in [9.17, 15) is 9.59 Å². The number of nitrogens with one attached hydrogen (secondary N) is 1. The Morgan fingerprint density at radius 3 is 2.35 bits per heavy atom. The van der Waals surface area contributed by atoms with Gasteiger partial charge in [0.1, 0.15) is 0 Å². The van der Waals surface area contributed by atoms with Crippen molar-refractivity contribution in [1.29, 1.82) is 0 Å². The molecule has 5 heteroatoms. The van der Waals surface area contributed by atoms with Crippen LogP contribution in [0.25, 0.3) is 0 Å². The average molecular weight is 242 g/mol. The Morgan fingerprint density at radius 1 is 1.24 bits per heavy atom. The molecule has 0 bridgehead atoms. The van der Waals surface area contributed by atoms with Gasteiger partial charge in [-0.2, -0.15) is 0 Å². The van der Waals surface area contributed by atoms with Crippen molar-refractivity contribution in [1.82, 2.24) is 10.2 Å². The van der Waals surface area contributed by atoms with Crippen LogP contribution < -0.4 is 5.32 Å². The number of hydrogen-bond donors (Lipinski definition) is 1. The predicted molar refractivity (Wildman–Crippen MR) is 64.5 cm³/mol. The van der Waals surface area contributed by atoms with Crippen molar-refractivity contribution in [2.75, 3.05) is 19.6 Å². The summed E-state index contributed by atoms with van der Waals surface area (Å²) in [7, 11) is 0. The average Bonchev–Trinajstić information content (AvgIpc) is 2.77. The molecule has 1 heterocycles. The largest absolute Gasteiger partial charge is 0.462 e. The molecule has 1 aliphatic heterocycles. The van der Waals surface area contributed by atoms with E-state index in [1.807, 2.05) is 4.90 Å². The first-order chi connectivity index (χ1) is 8.00. The molecule has 0 saturated carbocycles. The summed E-state index contributed by atoms with van der Waals surface area (Å²) in [6.07, 6.45) is 2.04. The number of hydrogen-bond acceptors (Lipinski definition) is 4. The van der Waals surface area contributed by atoms with E-state index >= 15 is 0 Å². The maximum absolute atomic E-state index is 11.9. The number of esters is 1. The Bertz CT molecular complexity index is 273. The number of ether oxygens (including phenoxy) is 1. The lowest BCUT2D eigenvalue weighted by Crippen LogP contribution is -2.45. The second-order valence-corrected chi connectivity index (χ2v) is 4.67. The van der Waals surface area contributed by atoms with Gasteiger partial charge in [-0.25, -0.2) is 0 Å². The van der Waals surface area contributed by atoms with Gasteiger partial charge >= 0.3 is 5.97 Å². The maximum Gasteiger partial charge on any atom is 0.320 e. The lowest BCUT2D eigenvalue weighted by molar-refractivity contribution is -0.146. The van der Waals surface area contributed by atoms with Gasteiger partial charge in [0.2, 0.25) is 5.91 Å². The topological polar surface area (TPSA) is 58.6 Å². The number of carbonyl (C=O) groups is 2. The first kappa shape index (κ1) is 14.0. The summed E-state index contributed by atoms with van der Waals surface area (Å²) in [5.41, 5.74) is 0. The third-order valence-corrected chi connectivity index (χ3v) is 2.71. The Balaban J connectivity index is 2.26. The predicted octanol–water partition coefficient (Wildman–Crippen LogP) is 0.539. The van der Waals surface area contributed by atoms with Gasteiger partial charge in [0, 0.05) is 13.1 Å². The molecule has 0 radical (unpaired) electrons. The third kappa shape index (κ3) is 4.73. The first-order valence-electron chi connectivity index (χ1n) is 6.22. The molecule has 1 N–H and O–H groups in total. The van der Waals surface area contributed by atoms with E-state index in [-0.39, 0.29) is 30.6 Å². The van der Waals surface area contributed by atoms with Crippen LogP contribution >= 0.6 is 0 Å². The minimum absolute atomic E-state index is 0.0693. The monoisotopic (exact) mass is 242 g/mol. The van der Waals surface area contributed by atoms with Crippen molar-refractivity contribution in [3.8, 4) is 0 Å². The summed E-state index contributed by atoms with van der Waals surface area (Å²) in [5, 5.41) is 2.90. The quantitative estimate of drug-likeness (QED) is 0.715. The van der Waals surface area contributed by atoms with E-state index in [0.717, 1.165) is 25.9 Å². The van der Waals surface area contributed by atoms with Gasteiger partial charge in [0.15, 0.2) is 0 Å². The van der Waals surface area contributed by atoms with E-state index in [0.29, 0.717) is 0 Å². The van der Waals surface area contributed by atoms with Gasteiger partial charge in [-0.05, 0) is 33.6 Å². The minimum atomic E-state index is -0.326. The highest BCUT2D eigenvalue weighted by atomic mass is 16.5. The van der Waals surface area contributed by atoms with Crippen LogP contribution in [0.3, 0.4) is 0 Å². The van der Waals surface area contributed by atoms with Gasteiger partial charge in [0.25, 0.3) is 0 Å². The maximum atomic E-state index is 11.9. The number of amides is 1. The summed E-state index contributed by atoms with van der Waals surface area (Å²) in [5.74, 6) is -0.249. The zero-order chi connectivity index (χ0) is 12.8. The van der Waals surface area contributed by atoms with Crippen LogP contribution in [-0.2, 0) is 14.3 Å². The van der Waals surface area contributed by atoms with Crippen molar-refractivity contribution in [2.24, 2.45) is 0 Å². The van der Waals surface area contributed by atoms with Crippen molar-refractivity contribution >= 4 is 11.9 Å². The van der Waals surface area contributed by atoms with Gasteiger partial charge in [-0.1, -0.05) is 0 Å². The summed E-state index contributed by atoms with van der Waals surface area (Å²) >= 11 is 0. The van der Waals surface area contributed by atoms with Crippen molar-refractivity contribution < 1.29 is 14.3 Å². The molecule has 1 saturated heterocycles. The molecule has 0 aromatic rings. The van der Waals surface area contributed by atoms with Crippen LogP contribution in [-0.4, -0.2) is 48.6 Å². The van der Waals surface area contributed by atoms with Gasteiger partial charge in [-0.3, -0.25) is 14.9 Å². The Morgan fingerprint density at radius 2 is 1.82 bits per heavy atom. The van der Waals surface area contributed by atoms with Crippen LogP contribution in [0, 0.1) is 0 Å². The Hall–Kier alpha value is -1.10. The molecule has 0 aromatic heterocycles. The molecule has 1 rings (SSSR count). The smallest absolute Gasteiger partial charge is 0.320 e. The molecule has 1 amide bonds. The van der Waals surface area contributed by atoms with E-state index < -0.39 is 0 Å². The van der Waals surface area contributed by atoms with Crippen LogP contribution in [0.4, 0.5) is 0 Å². The standard InChI is InChI=1S/C12H22N2O3/c1-9(2)17-11(15)8-13-10(3)12(16)14-6-4-5-7-14/h9-10,13H,4-8H2,1-3H3. The SMILES string of the molecule is CC(C)OC(=O)CNC(C)C(=O)N1CCCC1. The number of carbonyl (C=O) groups excluding carboxylic acids is 2. The molecule has 0 aliphatic carbocycles. The lowest BCUT2D eigenvalue weighted by Gasteiger charge is -2.21. The number of rotatable bonds is 5. The fraction of sp³-hybridized carbons (Fsp3) is 0.833. The zero-order valence-corrected chi connectivity index (χ0v) is 10.9. The molecule has 1 atom stereocenters. The van der Waals surface area contributed by atoms with Crippen LogP contribution in [0.5, 0.6) is 0 Å². The Labute approximate surface area is 102 Å². The molecule has 1 unspecified atom stereocenters. The molecule has 1 aliphatic rings. The molecule has 0 spiro atoms. The van der Waals surface area contributed by atoms with Crippen molar-refractivity contribution in [2.45, 2.75) is 45.8 Å². The van der Waals surface area contributed by atoms with E-state index in [2.05, 4.69) is 5.32 Å². The van der Waals surface area contributed by atoms with Crippen LogP contribution in [0.2, 0.25) is 0 Å². The molecule has 1 fully saturated rings. The third-order valence-electron chi connectivity index (χ3n) is 2.71. The van der Waals surface area contributed by atoms with Crippen LogP contribution in [0.15, 0.2) is 0 Å². The molecule has 98 valence electrons. The van der Waals surface area contributed by atoms with Gasteiger partial charge in [-0.15, -0.1) is 0 Å². The summed E-state index contributed by atoms with van der Waals surface area (Å²) < 4.78 is 4.98. The van der Waals surface area contributed by atoms with E-state index in [1.165, 1.54) is 0 Å². The second-order valence-electron chi connectivity index (χ2n) is 4.67.